The summed E-state index contributed by atoms with van der Waals surface area (Å²) in [5, 5.41) is 3.84. The smallest absolute Gasteiger partial charge is 0.269 e. The van der Waals surface area contributed by atoms with Crippen molar-refractivity contribution in [3.8, 4) is 11.1 Å². The SMILES string of the molecule is CCCCNC(=O)c1ccc(-c2ccc3ncc(C(C)=O)c(Cc4ccccc4)c3c2)cn1. The minimum atomic E-state index is -0.158. The molecule has 2 aromatic heterocycles. The predicted molar refractivity (Wildman–Crippen MR) is 131 cm³/mol. The summed E-state index contributed by atoms with van der Waals surface area (Å²) in [5.74, 6) is -0.158. The number of unbranched alkanes of at least 4 members (excludes halogenated alkanes) is 1. The van der Waals surface area contributed by atoms with Crippen LogP contribution < -0.4 is 5.32 Å². The molecule has 1 amide bonds. The summed E-state index contributed by atoms with van der Waals surface area (Å²) >= 11 is 0. The van der Waals surface area contributed by atoms with Crippen LogP contribution in [0.4, 0.5) is 0 Å². The fourth-order valence-electron chi connectivity index (χ4n) is 3.89. The van der Waals surface area contributed by atoms with E-state index in [0.29, 0.717) is 24.2 Å². The molecule has 4 rings (SSSR count). The monoisotopic (exact) mass is 437 g/mol. The molecule has 0 aliphatic rings. The molecule has 0 aliphatic carbocycles. The number of Topliss-reactive ketones (excluding diaryl/α,β-unsaturated/α-hetero) is 1. The maximum Gasteiger partial charge on any atom is 0.269 e. The summed E-state index contributed by atoms with van der Waals surface area (Å²) in [6, 6.07) is 19.8. The minimum absolute atomic E-state index is 0.000777. The molecule has 0 saturated carbocycles. The Morgan fingerprint density at radius 1 is 0.909 bits per heavy atom. The second-order valence-corrected chi connectivity index (χ2v) is 8.14. The zero-order chi connectivity index (χ0) is 23.2. The van der Waals surface area contributed by atoms with Crippen LogP contribution in [0.1, 0.15) is 58.7 Å². The standard InChI is InChI=1S/C28H27N3O2/c1-3-4-14-29-28(33)27-13-11-22(17-30-27)21-10-12-26-24(16-21)23(25(18-31-26)19(2)32)15-20-8-6-5-7-9-20/h5-13,16-18H,3-4,14-15H2,1-2H3,(H,29,33). The molecule has 5 nitrogen and oxygen atoms in total. The molecule has 2 heterocycles. The third-order valence-corrected chi connectivity index (χ3v) is 5.73. The Balaban J connectivity index is 1.70. The number of carbonyl (C=O) groups is 2. The first-order valence-electron chi connectivity index (χ1n) is 11.3. The lowest BCUT2D eigenvalue weighted by Crippen LogP contribution is -2.25. The minimum Gasteiger partial charge on any atom is -0.351 e. The third kappa shape index (κ3) is 5.14. The molecule has 0 bridgehead atoms. The van der Waals surface area contributed by atoms with Crippen LogP contribution in [0.15, 0.2) is 73.1 Å². The van der Waals surface area contributed by atoms with Gasteiger partial charge in [-0.2, -0.15) is 0 Å². The molecule has 0 saturated heterocycles. The number of hydrogen-bond donors (Lipinski definition) is 1. The van der Waals surface area contributed by atoms with Gasteiger partial charge in [0.25, 0.3) is 5.91 Å². The quantitative estimate of drug-likeness (QED) is 0.287. The number of fused-ring (bicyclic) bond motifs is 1. The van der Waals surface area contributed by atoms with E-state index in [1.165, 1.54) is 0 Å². The number of ketones is 1. The van der Waals surface area contributed by atoms with Crippen molar-refractivity contribution >= 4 is 22.6 Å². The molecule has 0 radical (unpaired) electrons. The van der Waals surface area contributed by atoms with Gasteiger partial charge in [0.05, 0.1) is 5.52 Å². The topological polar surface area (TPSA) is 72.0 Å². The van der Waals surface area contributed by atoms with Gasteiger partial charge >= 0.3 is 0 Å². The number of nitrogens with zero attached hydrogens (tertiary/aromatic N) is 2. The first-order chi connectivity index (χ1) is 16.1. The van der Waals surface area contributed by atoms with Crippen LogP contribution in [-0.2, 0) is 6.42 Å². The maximum absolute atomic E-state index is 12.4. The number of aromatic nitrogens is 2. The normalized spacial score (nSPS) is 10.8. The third-order valence-electron chi connectivity index (χ3n) is 5.73. The van der Waals surface area contributed by atoms with Gasteiger partial charge in [-0.1, -0.05) is 55.8 Å². The molecule has 0 unspecified atom stereocenters. The molecule has 0 fully saturated rings. The van der Waals surface area contributed by atoms with Crippen molar-refractivity contribution in [3.05, 3.63) is 95.4 Å². The maximum atomic E-state index is 12.4. The Morgan fingerprint density at radius 3 is 2.39 bits per heavy atom. The lowest BCUT2D eigenvalue weighted by Gasteiger charge is -2.13. The van der Waals surface area contributed by atoms with Gasteiger partial charge in [-0.3, -0.25) is 19.6 Å². The second kappa shape index (κ2) is 10.2. The molecule has 4 aromatic rings. The Morgan fingerprint density at radius 2 is 1.70 bits per heavy atom. The molecular weight excluding hydrogens is 410 g/mol. The Labute approximate surface area is 193 Å². The molecule has 5 heteroatoms. The number of benzene rings is 2. The summed E-state index contributed by atoms with van der Waals surface area (Å²) in [7, 11) is 0. The Hall–Kier alpha value is -3.86. The number of carbonyl (C=O) groups excluding carboxylic acids is 2. The van der Waals surface area contributed by atoms with Crippen molar-refractivity contribution in [2.75, 3.05) is 6.54 Å². The predicted octanol–water partition coefficient (Wildman–Crippen LogP) is 5.62. The summed E-state index contributed by atoms with van der Waals surface area (Å²) in [6.45, 7) is 4.32. The van der Waals surface area contributed by atoms with Gasteiger partial charge in [-0.15, -0.1) is 0 Å². The second-order valence-electron chi connectivity index (χ2n) is 8.14. The van der Waals surface area contributed by atoms with E-state index in [9.17, 15) is 9.59 Å². The van der Waals surface area contributed by atoms with E-state index in [-0.39, 0.29) is 11.7 Å². The van der Waals surface area contributed by atoms with Gasteiger partial charge in [0.2, 0.25) is 0 Å². The summed E-state index contributed by atoms with van der Waals surface area (Å²) in [6.07, 6.45) is 6.02. The fourth-order valence-corrected chi connectivity index (χ4v) is 3.89. The van der Waals surface area contributed by atoms with Crippen LogP contribution in [0.25, 0.3) is 22.0 Å². The fraction of sp³-hybridized carbons (Fsp3) is 0.214. The van der Waals surface area contributed by atoms with Gasteiger partial charge in [-0.05, 0) is 54.7 Å². The van der Waals surface area contributed by atoms with Crippen molar-refractivity contribution in [3.63, 3.8) is 0 Å². The van der Waals surface area contributed by atoms with E-state index >= 15 is 0 Å². The van der Waals surface area contributed by atoms with Crippen molar-refractivity contribution < 1.29 is 9.59 Å². The van der Waals surface area contributed by atoms with Gasteiger partial charge in [-0.25, -0.2) is 0 Å². The van der Waals surface area contributed by atoms with Crippen LogP contribution in [0.3, 0.4) is 0 Å². The van der Waals surface area contributed by atoms with Gasteiger partial charge in [0.15, 0.2) is 5.78 Å². The highest BCUT2D eigenvalue weighted by Gasteiger charge is 2.14. The first-order valence-corrected chi connectivity index (χ1v) is 11.3. The number of pyridine rings is 2. The van der Waals surface area contributed by atoms with Crippen LogP contribution in [0.2, 0.25) is 0 Å². The first kappa shape index (κ1) is 22.3. The van der Waals surface area contributed by atoms with Crippen LogP contribution in [0.5, 0.6) is 0 Å². The van der Waals surface area contributed by atoms with Crippen LogP contribution in [0, 0.1) is 0 Å². The molecular formula is C28H27N3O2. The van der Waals surface area contributed by atoms with Crippen molar-refractivity contribution in [1.29, 1.82) is 0 Å². The van der Waals surface area contributed by atoms with E-state index in [0.717, 1.165) is 46.0 Å². The van der Waals surface area contributed by atoms with Crippen molar-refractivity contribution in [1.82, 2.24) is 15.3 Å². The molecule has 0 atom stereocenters. The van der Waals surface area contributed by atoms with Crippen molar-refractivity contribution in [2.24, 2.45) is 0 Å². The number of rotatable bonds is 8. The van der Waals surface area contributed by atoms with Crippen molar-refractivity contribution in [2.45, 2.75) is 33.1 Å². The lowest BCUT2D eigenvalue weighted by molar-refractivity contribution is 0.0947. The highest BCUT2D eigenvalue weighted by atomic mass is 16.1. The summed E-state index contributed by atoms with van der Waals surface area (Å²) in [5.41, 5.74) is 5.86. The largest absolute Gasteiger partial charge is 0.351 e. The number of nitrogens with one attached hydrogen (secondary N) is 1. The highest BCUT2D eigenvalue weighted by molar-refractivity contribution is 6.01. The van der Waals surface area contributed by atoms with Gasteiger partial charge < -0.3 is 5.32 Å². The molecule has 33 heavy (non-hydrogen) atoms. The van der Waals surface area contributed by atoms with E-state index in [1.54, 1.807) is 25.4 Å². The number of hydrogen-bond acceptors (Lipinski definition) is 4. The molecule has 1 N–H and O–H groups in total. The zero-order valence-electron chi connectivity index (χ0n) is 19.0. The van der Waals surface area contributed by atoms with Gasteiger partial charge in [0.1, 0.15) is 5.69 Å². The highest BCUT2D eigenvalue weighted by Crippen LogP contribution is 2.29. The van der Waals surface area contributed by atoms with E-state index in [2.05, 4.69) is 40.4 Å². The molecule has 0 spiro atoms. The average Bonchev–Trinajstić information content (AvgIpc) is 2.84. The Bertz CT molecular complexity index is 1280. The molecule has 166 valence electrons. The molecule has 2 aromatic carbocycles. The summed E-state index contributed by atoms with van der Waals surface area (Å²) in [4.78, 5) is 33.5. The summed E-state index contributed by atoms with van der Waals surface area (Å²) < 4.78 is 0. The molecule has 0 aliphatic heterocycles. The van der Waals surface area contributed by atoms with Crippen LogP contribution in [-0.4, -0.2) is 28.2 Å². The van der Waals surface area contributed by atoms with Crippen LogP contribution >= 0.6 is 0 Å². The van der Waals surface area contributed by atoms with E-state index < -0.39 is 0 Å². The van der Waals surface area contributed by atoms with E-state index in [1.807, 2.05) is 36.4 Å². The number of amides is 1. The lowest BCUT2D eigenvalue weighted by atomic mass is 9.93. The zero-order valence-corrected chi connectivity index (χ0v) is 19.0. The van der Waals surface area contributed by atoms with Gasteiger partial charge in [0, 0.05) is 35.5 Å². The average molecular weight is 438 g/mol. The van der Waals surface area contributed by atoms with E-state index in [4.69, 9.17) is 0 Å². The Kier molecular flexibility index (Phi) is 6.89.